The van der Waals surface area contributed by atoms with Crippen molar-refractivity contribution in [3.05, 3.63) is 18.5 Å². The Morgan fingerprint density at radius 1 is 1.56 bits per heavy atom. The van der Waals surface area contributed by atoms with Gasteiger partial charge in [0.15, 0.2) is 6.73 Å². The highest BCUT2D eigenvalue weighted by molar-refractivity contribution is 5.75. The van der Waals surface area contributed by atoms with E-state index < -0.39 is 5.41 Å². The van der Waals surface area contributed by atoms with Crippen LogP contribution in [0.2, 0.25) is 0 Å². The Morgan fingerprint density at radius 3 is 2.62 bits per heavy atom. The van der Waals surface area contributed by atoms with Crippen LogP contribution in [0.25, 0.3) is 5.57 Å². The van der Waals surface area contributed by atoms with Crippen LogP contribution in [0, 0.1) is 5.41 Å². The summed E-state index contributed by atoms with van der Waals surface area (Å²) in [5.41, 5.74) is 1.03. The second kappa shape index (κ2) is 4.47. The molecule has 0 unspecified atom stereocenters. The average Bonchev–Trinajstić information content (AvgIpc) is 2.60. The molecular weight excluding hydrogens is 206 g/mol. The van der Waals surface area contributed by atoms with E-state index in [9.17, 15) is 4.79 Å². The van der Waals surface area contributed by atoms with Gasteiger partial charge in [0.2, 0.25) is 0 Å². The van der Waals surface area contributed by atoms with Gasteiger partial charge in [0.1, 0.15) is 5.69 Å². The van der Waals surface area contributed by atoms with E-state index in [0.717, 1.165) is 5.57 Å². The third kappa shape index (κ3) is 3.18. The van der Waals surface area contributed by atoms with Crippen LogP contribution in [-0.2, 0) is 16.3 Å². The van der Waals surface area contributed by atoms with Gasteiger partial charge in [-0.25, -0.2) is 4.68 Å². The van der Waals surface area contributed by atoms with E-state index in [2.05, 4.69) is 16.9 Å². The maximum absolute atomic E-state index is 11.5. The van der Waals surface area contributed by atoms with Gasteiger partial charge in [-0.15, -0.1) is 5.10 Å². The average molecular weight is 223 g/mol. The van der Waals surface area contributed by atoms with Crippen LogP contribution in [-0.4, -0.2) is 21.0 Å². The van der Waals surface area contributed by atoms with E-state index in [4.69, 9.17) is 4.74 Å². The smallest absolute Gasteiger partial charge is 0.313 e. The predicted molar refractivity (Wildman–Crippen MR) is 60.3 cm³/mol. The third-order valence-electron chi connectivity index (χ3n) is 1.92. The minimum absolute atomic E-state index is 0.0797. The molecule has 0 aromatic carbocycles. The number of hydrogen-bond acceptors (Lipinski definition) is 4. The van der Waals surface area contributed by atoms with Gasteiger partial charge >= 0.3 is 5.97 Å². The van der Waals surface area contributed by atoms with Crippen LogP contribution in [0.3, 0.4) is 0 Å². The molecule has 1 rings (SSSR count). The molecule has 0 amide bonds. The van der Waals surface area contributed by atoms with Crippen LogP contribution in [0.5, 0.6) is 0 Å². The molecule has 0 fully saturated rings. The molecule has 0 aliphatic heterocycles. The number of carbonyl (C=O) groups excluding carboxylic acids is 1. The number of esters is 1. The molecule has 0 N–H and O–H groups in total. The highest BCUT2D eigenvalue weighted by atomic mass is 16.5. The van der Waals surface area contributed by atoms with Gasteiger partial charge in [-0.1, -0.05) is 11.8 Å². The summed E-state index contributed by atoms with van der Waals surface area (Å²) in [5, 5.41) is 7.70. The lowest BCUT2D eigenvalue weighted by Crippen LogP contribution is -2.24. The van der Waals surface area contributed by atoms with Crippen LogP contribution < -0.4 is 0 Å². The standard InChI is InChI=1S/C11H17N3O2/c1-8(2)9-6-14(13-12-9)7-16-10(15)11(3,4)5/h6H,1,7H2,2-5H3. The van der Waals surface area contributed by atoms with Crippen molar-refractivity contribution in [1.82, 2.24) is 15.0 Å². The highest BCUT2D eigenvalue weighted by Gasteiger charge is 2.23. The summed E-state index contributed by atoms with van der Waals surface area (Å²) in [6.07, 6.45) is 1.69. The van der Waals surface area contributed by atoms with Crippen molar-refractivity contribution < 1.29 is 9.53 Å². The Kier molecular flexibility index (Phi) is 3.47. The first-order valence-corrected chi connectivity index (χ1v) is 5.04. The van der Waals surface area contributed by atoms with E-state index >= 15 is 0 Å². The van der Waals surface area contributed by atoms with E-state index in [1.807, 2.05) is 6.92 Å². The van der Waals surface area contributed by atoms with E-state index in [0.29, 0.717) is 5.69 Å². The summed E-state index contributed by atoms with van der Waals surface area (Å²) in [4.78, 5) is 11.5. The number of nitrogens with zero attached hydrogens (tertiary/aromatic N) is 3. The van der Waals surface area contributed by atoms with Crippen LogP contribution in [0.15, 0.2) is 12.8 Å². The number of hydrogen-bond donors (Lipinski definition) is 0. The molecule has 16 heavy (non-hydrogen) atoms. The largest absolute Gasteiger partial charge is 0.442 e. The Balaban J connectivity index is 2.55. The Bertz CT molecular complexity index is 402. The minimum atomic E-state index is -0.502. The van der Waals surface area contributed by atoms with Gasteiger partial charge in [-0.2, -0.15) is 0 Å². The molecule has 0 saturated carbocycles. The molecule has 0 bridgehead atoms. The monoisotopic (exact) mass is 223 g/mol. The summed E-state index contributed by atoms with van der Waals surface area (Å²) in [6, 6.07) is 0. The normalized spacial score (nSPS) is 11.2. The Morgan fingerprint density at radius 2 is 2.19 bits per heavy atom. The van der Waals surface area contributed by atoms with Crippen molar-refractivity contribution in [2.45, 2.75) is 34.4 Å². The maximum atomic E-state index is 11.5. The Labute approximate surface area is 95.1 Å². The van der Waals surface area contributed by atoms with Crippen LogP contribution >= 0.6 is 0 Å². The fourth-order valence-corrected chi connectivity index (χ4v) is 0.898. The molecule has 0 spiro atoms. The zero-order valence-electron chi connectivity index (χ0n) is 10.1. The SMILES string of the molecule is C=C(C)c1cn(COC(=O)C(C)(C)C)nn1. The summed E-state index contributed by atoms with van der Waals surface area (Å²) in [6.45, 7) is 11.1. The van der Waals surface area contributed by atoms with Crippen molar-refractivity contribution in [2.75, 3.05) is 0 Å². The first-order chi connectivity index (χ1) is 7.30. The second-order valence-electron chi connectivity index (χ2n) is 4.73. The van der Waals surface area contributed by atoms with Crippen molar-refractivity contribution in [3.63, 3.8) is 0 Å². The summed E-state index contributed by atoms with van der Waals surface area (Å²) in [7, 11) is 0. The summed E-state index contributed by atoms with van der Waals surface area (Å²) >= 11 is 0. The third-order valence-corrected chi connectivity index (χ3v) is 1.92. The molecule has 0 aliphatic rings. The van der Waals surface area contributed by atoms with Crippen molar-refractivity contribution in [1.29, 1.82) is 0 Å². The van der Waals surface area contributed by atoms with Gasteiger partial charge < -0.3 is 4.74 Å². The Hall–Kier alpha value is -1.65. The van der Waals surface area contributed by atoms with E-state index in [1.54, 1.807) is 27.0 Å². The highest BCUT2D eigenvalue weighted by Crippen LogP contribution is 2.15. The zero-order valence-corrected chi connectivity index (χ0v) is 10.1. The van der Waals surface area contributed by atoms with Gasteiger partial charge in [0, 0.05) is 0 Å². The first kappa shape index (κ1) is 12.4. The second-order valence-corrected chi connectivity index (χ2v) is 4.73. The van der Waals surface area contributed by atoms with Crippen LogP contribution in [0.4, 0.5) is 0 Å². The van der Waals surface area contributed by atoms with Crippen molar-refractivity contribution in [3.8, 4) is 0 Å². The molecule has 0 saturated heterocycles. The van der Waals surface area contributed by atoms with Gasteiger partial charge in [0.25, 0.3) is 0 Å². The molecule has 0 atom stereocenters. The zero-order chi connectivity index (χ0) is 12.3. The topological polar surface area (TPSA) is 57.0 Å². The molecule has 5 heteroatoms. The molecule has 0 aliphatic carbocycles. The van der Waals surface area contributed by atoms with Gasteiger partial charge in [-0.05, 0) is 33.3 Å². The number of aromatic nitrogens is 3. The molecule has 1 aromatic rings. The summed E-state index contributed by atoms with van der Waals surface area (Å²) in [5.74, 6) is -0.264. The predicted octanol–water partition coefficient (Wildman–Crippen LogP) is 1.86. The van der Waals surface area contributed by atoms with Gasteiger partial charge in [0.05, 0.1) is 11.6 Å². The fraction of sp³-hybridized carbons (Fsp3) is 0.545. The van der Waals surface area contributed by atoms with Crippen molar-refractivity contribution in [2.24, 2.45) is 5.41 Å². The lowest BCUT2D eigenvalue weighted by atomic mass is 9.98. The van der Waals surface area contributed by atoms with E-state index in [1.165, 1.54) is 4.68 Å². The minimum Gasteiger partial charge on any atom is -0.442 e. The van der Waals surface area contributed by atoms with E-state index in [-0.39, 0.29) is 12.7 Å². The lowest BCUT2D eigenvalue weighted by Gasteiger charge is -2.15. The molecule has 1 heterocycles. The molecule has 5 nitrogen and oxygen atoms in total. The number of carbonyl (C=O) groups is 1. The molecular formula is C11H17N3O2. The summed E-state index contributed by atoms with van der Waals surface area (Å²) < 4.78 is 6.54. The van der Waals surface area contributed by atoms with Gasteiger partial charge in [-0.3, -0.25) is 4.79 Å². The quantitative estimate of drug-likeness (QED) is 0.734. The number of ether oxygens (including phenoxy) is 1. The first-order valence-electron chi connectivity index (χ1n) is 5.04. The van der Waals surface area contributed by atoms with Crippen LogP contribution in [0.1, 0.15) is 33.4 Å². The fourth-order valence-electron chi connectivity index (χ4n) is 0.898. The molecule has 0 radical (unpaired) electrons. The molecule has 1 aromatic heterocycles. The number of rotatable bonds is 3. The number of allylic oxidation sites excluding steroid dienone is 1. The maximum Gasteiger partial charge on any atom is 0.313 e. The molecule has 88 valence electrons. The van der Waals surface area contributed by atoms with Crippen molar-refractivity contribution >= 4 is 11.5 Å². The lowest BCUT2D eigenvalue weighted by molar-refractivity contribution is -0.157.